The summed E-state index contributed by atoms with van der Waals surface area (Å²) in [6.07, 6.45) is -0.322. The first-order valence-electron chi connectivity index (χ1n) is 9.42. The lowest BCUT2D eigenvalue weighted by molar-refractivity contribution is -0.183. The van der Waals surface area contributed by atoms with Crippen LogP contribution in [-0.2, 0) is 12.8 Å². The topological polar surface area (TPSA) is 71.0 Å². The minimum absolute atomic E-state index is 0.0747. The maximum atomic E-state index is 12.8. The van der Waals surface area contributed by atoms with Crippen molar-refractivity contribution < 1.29 is 18.0 Å². The maximum Gasteiger partial charge on any atom is 0.391 e. The Morgan fingerprint density at radius 1 is 1.25 bits per heavy atom. The highest BCUT2D eigenvalue weighted by Gasteiger charge is 2.42. The van der Waals surface area contributed by atoms with Crippen LogP contribution in [0.3, 0.4) is 0 Å². The molecule has 0 radical (unpaired) electrons. The monoisotopic (exact) mass is 394 g/mol. The Labute approximate surface area is 159 Å². The third kappa shape index (κ3) is 3.22. The zero-order valence-corrected chi connectivity index (χ0v) is 15.5. The van der Waals surface area contributed by atoms with Crippen molar-refractivity contribution in [3.05, 3.63) is 45.1 Å². The van der Waals surface area contributed by atoms with Gasteiger partial charge in [-0.05, 0) is 45.1 Å². The number of alkyl halides is 3. The van der Waals surface area contributed by atoms with Gasteiger partial charge in [-0.2, -0.15) is 13.2 Å². The molecule has 2 aromatic rings. The molecule has 6 nitrogen and oxygen atoms in total. The molecule has 0 saturated carbocycles. The number of aryl methyl sites for hydroxylation is 1. The summed E-state index contributed by atoms with van der Waals surface area (Å²) >= 11 is 0. The summed E-state index contributed by atoms with van der Waals surface area (Å²) in [5.74, 6) is -1.28. The van der Waals surface area contributed by atoms with Crippen LogP contribution in [0.15, 0.2) is 17.1 Å². The molecule has 0 atom stereocenters. The largest absolute Gasteiger partial charge is 0.391 e. The molecule has 1 saturated heterocycles. The first-order valence-corrected chi connectivity index (χ1v) is 9.42. The second-order valence-corrected chi connectivity index (χ2v) is 7.46. The number of likely N-dealkylation sites (tertiary alicyclic amines) is 1. The van der Waals surface area contributed by atoms with Crippen LogP contribution >= 0.6 is 0 Å². The number of nitrogens with zero attached hydrogens (tertiary/aromatic N) is 3. The minimum Gasteiger partial charge on any atom is -0.339 e. The number of carbonyl (C=O) groups excluding carboxylic acids is 1. The number of rotatable bonds is 2. The SMILES string of the molecule is Cc1c(C(=O)N2CCC(C(F)(F)F)CC2)ccn1-c1nc2c(c(=O)[nH]1)CCC2. The number of aromatic amines is 1. The van der Waals surface area contributed by atoms with Crippen molar-refractivity contribution in [2.45, 2.75) is 45.2 Å². The normalized spacial score (nSPS) is 17.8. The molecule has 1 N–H and O–H groups in total. The number of piperidine rings is 1. The molecule has 4 rings (SSSR count). The summed E-state index contributed by atoms with van der Waals surface area (Å²) in [6.45, 7) is 1.91. The summed E-state index contributed by atoms with van der Waals surface area (Å²) in [4.78, 5) is 33.8. The van der Waals surface area contributed by atoms with Gasteiger partial charge in [0.1, 0.15) is 0 Å². The van der Waals surface area contributed by atoms with Gasteiger partial charge in [0.15, 0.2) is 0 Å². The lowest BCUT2D eigenvalue weighted by Gasteiger charge is -2.33. The fourth-order valence-electron chi connectivity index (χ4n) is 4.09. The number of carbonyl (C=O) groups is 1. The van der Waals surface area contributed by atoms with Gasteiger partial charge in [-0.15, -0.1) is 0 Å². The Kier molecular flexibility index (Phi) is 4.55. The molecule has 28 heavy (non-hydrogen) atoms. The smallest absolute Gasteiger partial charge is 0.339 e. The Morgan fingerprint density at radius 3 is 2.64 bits per heavy atom. The molecule has 1 aliphatic heterocycles. The van der Waals surface area contributed by atoms with Gasteiger partial charge < -0.3 is 4.90 Å². The van der Waals surface area contributed by atoms with Gasteiger partial charge in [0.05, 0.1) is 17.2 Å². The molecule has 2 aliphatic rings. The molecular formula is C19H21F3N4O2. The standard InChI is InChI=1S/C19H21F3N4O2/c1-11-13(17(28)25-8-5-12(6-9-25)19(20,21)22)7-10-26(11)18-23-15-4-2-3-14(15)16(27)24-18/h7,10,12H,2-6,8-9H2,1H3,(H,23,24,27). The van der Waals surface area contributed by atoms with E-state index in [1.54, 1.807) is 23.8 Å². The van der Waals surface area contributed by atoms with E-state index in [4.69, 9.17) is 0 Å². The fourth-order valence-corrected chi connectivity index (χ4v) is 4.09. The molecular weight excluding hydrogens is 373 g/mol. The Morgan fingerprint density at radius 2 is 1.96 bits per heavy atom. The van der Waals surface area contributed by atoms with Crippen LogP contribution < -0.4 is 5.56 Å². The number of amides is 1. The van der Waals surface area contributed by atoms with Crippen LogP contribution in [0.4, 0.5) is 13.2 Å². The summed E-state index contributed by atoms with van der Waals surface area (Å²) in [5, 5.41) is 0. The van der Waals surface area contributed by atoms with E-state index in [2.05, 4.69) is 9.97 Å². The van der Waals surface area contributed by atoms with Gasteiger partial charge in [-0.25, -0.2) is 4.98 Å². The van der Waals surface area contributed by atoms with E-state index >= 15 is 0 Å². The molecule has 3 heterocycles. The van der Waals surface area contributed by atoms with E-state index in [1.807, 2.05) is 0 Å². The van der Waals surface area contributed by atoms with Crippen molar-refractivity contribution in [3.8, 4) is 5.95 Å². The van der Waals surface area contributed by atoms with E-state index in [1.165, 1.54) is 4.90 Å². The third-order valence-corrected chi connectivity index (χ3v) is 5.77. The molecule has 1 aliphatic carbocycles. The summed E-state index contributed by atoms with van der Waals surface area (Å²) < 4.78 is 40.1. The Balaban J connectivity index is 1.55. The van der Waals surface area contributed by atoms with Crippen molar-refractivity contribution in [1.82, 2.24) is 19.4 Å². The molecule has 2 aromatic heterocycles. The zero-order chi connectivity index (χ0) is 20.1. The highest BCUT2D eigenvalue weighted by Crippen LogP contribution is 2.34. The summed E-state index contributed by atoms with van der Waals surface area (Å²) in [7, 11) is 0. The predicted molar refractivity (Wildman–Crippen MR) is 95.6 cm³/mol. The lowest BCUT2D eigenvalue weighted by atomic mass is 9.96. The van der Waals surface area contributed by atoms with Crippen LogP contribution in [0.2, 0.25) is 0 Å². The van der Waals surface area contributed by atoms with Crippen LogP contribution in [0.25, 0.3) is 5.95 Å². The molecule has 0 spiro atoms. The van der Waals surface area contributed by atoms with Crippen LogP contribution in [0, 0.1) is 12.8 Å². The van der Waals surface area contributed by atoms with Crippen molar-refractivity contribution in [2.24, 2.45) is 5.92 Å². The average Bonchev–Trinajstić information content (AvgIpc) is 3.27. The number of hydrogen-bond donors (Lipinski definition) is 1. The molecule has 0 bridgehead atoms. The van der Waals surface area contributed by atoms with Gasteiger partial charge in [0.2, 0.25) is 5.95 Å². The molecule has 0 unspecified atom stereocenters. The highest BCUT2D eigenvalue weighted by atomic mass is 19.4. The van der Waals surface area contributed by atoms with E-state index in [0.29, 0.717) is 17.2 Å². The van der Waals surface area contributed by atoms with Gasteiger partial charge >= 0.3 is 6.18 Å². The van der Waals surface area contributed by atoms with Crippen molar-refractivity contribution in [3.63, 3.8) is 0 Å². The second-order valence-electron chi connectivity index (χ2n) is 7.46. The fraction of sp³-hybridized carbons (Fsp3) is 0.526. The van der Waals surface area contributed by atoms with Crippen molar-refractivity contribution in [2.75, 3.05) is 13.1 Å². The Hall–Kier alpha value is -2.58. The molecule has 9 heteroatoms. The van der Waals surface area contributed by atoms with Crippen LogP contribution in [0.5, 0.6) is 0 Å². The minimum atomic E-state index is -4.21. The molecule has 1 amide bonds. The number of hydrogen-bond acceptors (Lipinski definition) is 3. The summed E-state index contributed by atoms with van der Waals surface area (Å²) in [5.41, 5.74) is 2.36. The maximum absolute atomic E-state index is 12.8. The second kappa shape index (κ2) is 6.79. The van der Waals surface area contributed by atoms with E-state index in [0.717, 1.165) is 30.5 Å². The number of aromatic nitrogens is 3. The van der Waals surface area contributed by atoms with Gasteiger partial charge in [-0.1, -0.05) is 0 Å². The highest BCUT2D eigenvalue weighted by molar-refractivity contribution is 5.95. The molecule has 150 valence electrons. The van der Waals surface area contributed by atoms with E-state index < -0.39 is 12.1 Å². The number of nitrogens with one attached hydrogen (secondary N) is 1. The van der Waals surface area contributed by atoms with E-state index in [-0.39, 0.29) is 37.4 Å². The first-order chi connectivity index (χ1) is 13.3. The molecule has 1 fully saturated rings. The lowest BCUT2D eigenvalue weighted by Crippen LogP contribution is -2.42. The average molecular weight is 394 g/mol. The predicted octanol–water partition coefficient (Wildman–Crippen LogP) is 2.77. The Bertz CT molecular complexity index is 969. The van der Waals surface area contributed by atoms with E-state index in [9.17, 15) is 22.8 Å². The van der Waals surface area contributed by atoms with Crippen molar-refractivity contribution in [1.29, 1.82) is 0 Å². The zero-order valence-electron chi connectivity index (χ0n) is 15.5. The van der Waals surface area contributed by atoms with Crippen LogP contribution in [0.1, 0.15) is 46.6 Å². The number of halogens is 3. The van der Waals surface area contributed by atoms with Gasteiger partial charge in [-0.3, -0.25) is 19.1 Å². The van der Waals surface area contributed by atoms with Crippen molar-refractivity contribution >= 4 is 5.91 Å². The quantitative estimate of drug-likeness (QED) is 0.852. The first kappa shape index (κ1) is 18.8. The summed E-state index contributed by atoms with van der Waals surface area (Å²) in [6, 6.07) is 1.63. The van der Waals surface area contributed by atoms with Gasteiger partial charge in [0.25, 0.3) is 11.5 Å². The third-order valence-electron chi connectivity index (χ3n) is 5.77. The van der Waals surface area contributed by atoms with Crippen LogP contribution in [-0.4, -0.2) is 44.6 Å². The molecule has 0 aromatic carbocycles. The van der Waals surface area contributed by atoms with Gasteiger partial charge in [0, 0.05) is 30.5 Å². The number of H-pyrrole nitrogens is 1. The number of fused-ring (bicyclic) bond motifs is 1.